The van der Waals surface area contributed by atoms with Gasteiger partial charge >= 0.3 is 0 Å². The molecule has 2 aromatic rings. The normalized spacial score (nSPS) is 11.2. The first-order valence-corrected chi connectivity index (χ1v) is 9.21. The van der Waals surface area contributed by atoms with Crippen LogP contribution in [0.25, 0.3) is 0 Å². The number of halogens is 1. The summed E-state index contributed by atoms with van der Waals surface area (Å²) < 4.78 is 5.92. The van der Waals surface area contributed by atoms with Crippen LogP contribution in [0.2, 0.25) is 0 Å². The zero-order valence-electron chi connectivity index (χ0n) is 14.6. The van der Waals surface area contributed by atoms with E-state index in [1.54, 1.807) is 25.3 Å². The lowest BCUT2D eigenvalue weighted by molar-refractivity contribution is 0.0954. The van der Waals surface area contributed by atoms with Gasteiger partial charge in [0.05, 0.1) is 17.3 Å². The lowest BCUT2D eigenvalue weighted by atomic mass is 10.0. The third kappa shape index (κ3) is 5.71. The third-order valence-corrected chi connectivity index (χ3v) is 4.45. The second-order valence-electron chi connectivity index (χ2n) is 5.67. The average Bonchev–Trinajstić information content (AvgIpc) is 2.65. The minimum atomic E-state index is -0.243. The fourth-order valence-corrected chi connectivity index (χ4v) is 2.97. The van der Waals surface area contributed by atoms with Gasteiger partial charge in [-0.1, -0.05) is 50.1 Å². The van der Waals surface area contributed by atoms with Gasteiger partial charge in [0, 0.05) is 5.56 Å². The number of amides is 1. The van der Waals surface area contributed by atoms with Crippen molar-refractivity contribution in [3.8, 4) is 5.75 Å². The van der Waals surface area contributed by atoms with Crippen molar-refractivity contribution in [2.75, 3.05) is 7.11 Å². The standard InChI is InChI=1S/C20H23BrN2O2/c1-3-4-6-11-18(15-9-7-5-8-10-15)22-23-20(24)16-12-13-19(25-2)17(21)14-16/h5,7-10,12-14H,3-4,6,11H2,1-2H3,(H,23,24). The van der Waals surface area contributed by atoms with Crippen molar-refractivity contribution in [3.05, 3.63) is 64.1 Å². The number of hydrazone groups is 1. The lowest BCUT2D eigenvalue weighted by Gasteiger charge is -2.08. The van der Waals surface area contributed by atoms with Crippen LogP contribution in [-0.4, -0.2) is 18.7 Å². The van der Waals surface area contributed by atoms with Crippen molar-refractivity contribution in [1.29, 1.82) is 0 Å². The fraction of sp³-hybridized carbons (Fsp3) is 0.300. The van der Waals surface area contributed by atoms with Gasteiger partial charge in [0.25, 0.3) is 5.91 Å². The molecule has 132 valence electrons. The minimum Gasteiger partial charge on any atom is -0.496 e. The smallest absolute Gasteiger partial charge is 0.271 e. The number of ether oxygens (including phenoxy) is 1. The van der Waals surface area contributed by atoms with Crippen LogP contribution in [0.15, 0.2) is 58.1 Å². The Morgan fingerprint density at radius 2 is 1.88 bits per heavy atom. The van der Waals surface area contributed by atoms with Crippen molar-refractivity contribution < 1.29 is 9.53 Å². The van der Waals surface area contributed by atoms with E-state index in [1.807, 2.05) is 30.3 Å². The molecule has 0 aromatic heterocycles. The average molecular weight is 403 g/mol. The van der Waals surface area contributed by atoms with Crippen molar-refractivity contribution >= 4 is 27.5 Å². The van der Waals surface area contributed by atoms with E-state index >= 15 is 0 Å². The Labute approximate surface area is 157 Å². The molecule has 2 aromatic carbocycles. The second-order valence-corrected chi connectivity index (χ2v) is 6.53. The van der Waals surface area contributed by atoms with E-state index in [0.29, 0.717) is 11.3 Å². The van der Waals surface area contributed by atoms with Crippen molar-refractivity contribution in [3.63, 3.8) is 0 Å². The molecule has 0 unspecified atom stereocenters. The summed E-state index contributed by atoms with van der Waals surface area (Å²) in [5.41, 5.74) is 5.14. The number of carbonyl (C=O) groups is 1. The van der Waals surface area contributed by atoms with E-state index in [0.717, 1.165) is 41.4 Å². The van der Waals surface area contributed by atoms with Crippen molar-refractivity contribution in [2.24, 2.45) is 5.10 Å². The highest BCUT2D eigenvalue weighted by Crippen LogP contribution is 2.25. The third-order valence-electron chi connectivity index (χ3n) is 3.83. The SMILES string of the molecule is CCCCCC(=NNC(=O)c1ccc(OC)c(Br)c1)c1ccccc1. The van der Waals surface area contributed by atoms with Crippen LogP contribution in [0.5, 0.6) is 5.75 Å². The monoisotopic (exact) mass is 402 g/mol. The summed E-state index contributed by atoms with van der Waals surface area (Å²) in [6, 6.07) is 15.2. The number of carbonyl (C=O) groups excluding carboxylic acids is 1. The van der Waals surface area contributed by atoms with Gasteiger partial charge in [-0.15, -0.1) is 0 Å². The Kier molecular flexibility index (Phi) is 7.67. The zero-order valence-corrected chi connectivity index (χ0v) is 16.2. The number of hydrogen-bond donors (Lipinski definition) is 1. The molecule has 0 aliphatic carbocycles. The molecule has 0 saturated heterocycles. The molecule has 0 spiro atoms. The minimum absolute atomic E-state index is 0.243. The van der Waals surface area contributed by atoms with Gasteiger partial charge in [-0.3, -0.25) is 4.79 Å². The van der Waals surface area contributed by atoms with E-state index in [1.165, 1.54) is 0 Å². The summed E-state index contributed by atoms with van der Waals surface area (Å²) in [7, 11) is 1.59. The number of methoxy groups -OCH3 is 1. The molecule has 0 bridgehead atoms. The van der Waals surface area contributed by atoms with Crippen LogP contribution in [0.1, 0.15) is 48.5 Å². The van der Waals surface area contributed by atoms with E-state index < -0.39 is 0 Å². The van der Waals surface area contributed by atoms with Gasteiger partial charge in [0.1, 0.15) is 5.75 Å². The largest absolute Gasteiger partial charge is 0.496 e. The molecular weight excluding hydrogens is 380 g/mol. The number of nitrogens with one attached hydrogen (secondary N) is 1. The van der Waals surface area contributed by atoms with Crippen molar-refractivity contribution in [1.82, 2.24) is 5.43 Å². The quantitative estimate of drug-likeness (QED) is 0.376. The maximum absolute atomic E-state index is 12.4. The molecule has 4 nitrogen and oxygen atoms in total. The van der Waals surface area contributed by atoms with Gasteiger partial charge in [0.2, 0.25) is 0 Å². The Hall–Kier alpha value is -2.14. The molecule has 25 heavy (non-hydrogen) atoms. The highest BCUT2D eigenvalue weighted by Gasteiger charge is 2.09. The first kappa shape index (κ1) is 19.2. The number of nitrogens with zero attached hydrogens (tertiary/aromatic N) is 1. The summed E-state index contributed by atoms with van der Waals surface area (Å²) in [6.07, 6.45) is 4.18. The summed E-state index contributed by atoms with van der Waals surface area (Å²) in [5, 5.41) is 4.38. The lowest BCUT2D eigenvalue weighted by Crippen LogP contribution is -2.20. The fourth-order valence-electron chi connectivity index (χ4n) is 2.43. The molecule has 0 saturated carbocycles. The van der Waals surface area contributed by atoms with E-state index in [-0.39, 0.29) is 5.91 Å². The Morgan fingerprint density at radius 3 is 2.52 bits per heavy atom. The van der Waals surface area contributed by atoms with Crippen LogP contribution < -0.4 is 10.2 Å². The van der Waals surface area contributed by atoms with E-state index in [9.17, 15) is 4.79 Å². The van der Waals surface area contributed by atoms with Crippen LogP contribution in [0, 0.1) is 0 Å². The summed E-state index contributed by atoms with van der Waals surface area (Å²) >= 11 is 3.39. The molecule has 0 heterocycles. The van der Waals surface area contributed by atoms with Gasteiger partial charge in [-0.25, -0.2) is 5.43 Å². The molecular formula is C20H23BrN2O2. The predicted molar refractivity (Wildman–Crippen MR) is 105 cm³/mol. The summed E-state index contributed by atoms with van der Waals surface area (Å²) in [4.78, 5) is 12.4. The predicted octanol–water partition coefficient (Wildman–Crippen LogP) is 5.17. The van der Waals surface area contributed by atoms with Gasteiger partial charge in [0.15, 0.2) is 0 Å². The van der Waals surface area contributed by atoms with Crippen LogP contribution in [0.3, 0.4) is 0 Å². The molecule has 0 aliphatic rings. The molecule has 0 atom stereocenters. The molecule has 1 N–H and O–H groups in total. The number of rotatable bonds is 8. The molecule has 0 radical (unpaired) electrons. The summed E-state index contributed by atoms with van der Waals surface area (Å²) in [6.45, 7) is 2.17. The topological polar surface area (TPSA) is 50.7 Å². The highest BCUT2D eigenvalue weighted by molar-refractivity contribution is 9.10. The maximum Gasteiger partial charge on any atom is 0.271 e. The van der Waals surface area contributed by atoms with E-state index in [2.05, 4.69) is 33.4 Å². The first-order valence-electron chi connectivity index (χ1n) is 8.41. The Bertz CT molecular complexity index is 730. The number of unbranched alkanes of at least 4 members (excludes halogenated alkanes) is 2. The Morgan fingerprint density at radius 1 is 1.12 bits per heavy atom. The Balaban J connectivity index is 2.13. The van der Waals surface area contributed by atoms with E-state index in [4.69, 9.17) is 4.74 Å². The second kappa shape index (κ2) is 9.99. The first-order chi connectivity index (χ1) is 12.2. The molecule has 0 fully saturated rings. The van der Waals surface area contributed by atoms with Gasteiger partial charge in [-0.05, 0) is 52.5 Å². The number of benzene rings is 2. The molecule has 5 heteroatoms. The van der Waals surface area contributed by atoms with Gasteiger partial charge in [-0.2, -0.15) is 5.10 Å². The van der Waals surface area contributed by atoms with Crippen LogP contribution >= 0.6 is 15.9 Å². The molecule has 2 rings (SSSR count). The van der Waals surface area contributed by atoms with Crippen LogP contribution in [0.4, 0.5) is 0 Å². The highest BCUT2D eigenvalue weighted by atomic mass is 79.9. The molecule has 1 amide bonds. The van der Waals surface area contributed by atoms with Crippen LogP contribution in [-0.2, 0) is 0 Å². The maximum atomic E-state index is 12.4. The van der Waals surface area contributed by atoms with Gasteiger partial charge < -0.3 is 4.74 Å². The zero-order chi connectivity index (χ0) is 18.1. The number of hydrogen-bond acceptors (Lipinski definition) is 3. The summed E-state index contributed by atoms with van der Waals surface area (Å²) in [5.74, 6) is 0.442. The molecule has 0 aliphatic heterocycles. The van der Waals surface area contributed by atoms with Crippen molar-refractivity contribution in [2.45, 2.75) is 32.6 Å².